The highest BCUT2D eigenvalue weighted by molar-refractivity contribution is 4.73. The molecular formula is C9H17N3. The monoisotopic (exact) mass is 167 g/mol. The van der Waals surface area contributed by atoms with Gasteiger partial charge in [0.05, 0.1) is 13.0 Å². The third-order valence-corrected chi connectivity index (χ3v) is 1.81. The molecule has 0 aliphatic heterocycles. The molecule has 68 valence electrons. The van der Waals surface area contributed by atoms with Crippen molar-refractivity contribution < 1.29 is 0 Å². The Hall–Kier alpha value is -0.830. The Kier molecular flexibility index (Phi) is 4.46. The molecule has 0 unspecified atom stereocenters. The first kappa shape index (κ1) is 9.26. The number of rotatable bonds is 6. The largest absolute Gasteiger partial charge is 0.324 e. The summed E-state index contributed by atoms with van der Waals surface area (Å²) in [7, 11) is 0. The number of nitrogens with zero attached hydrogens (tertiary/aromatic N) is 2. The molecule has 0 saturated heterocycles. The van der Waals surface area contributed by atoms with Gasteiger partial charge < -0.3 is 4.57 Å². The highest BCUT2D eigenvalue weighted by Crippen LogP contribution is 1.91. The number of hydrogen-bond acceptors (Lipinski definition) is 2. The summed E-state index contributed by atoms with van der Waals surface area (Å²) in [6.07, 6.45) is 9.46. The van der Waals surface area contributed by atoms with Crippen LogP contribution < -0.4 is 5.32 Å². The summed E-state index contributed by atoms with van der Waals surface area (Å²) in [5.74, 6) is 0. The molecular weight excluding hydrogens is 150 g/mol. The molecule has 1 rings (SSSR count). The lowest BCUT2D eigenvalue weighted by molar-refractivity contribution is 0.533. The van der Waals surface area contributed by atoms with E-state index in [0.29, 0.717) is 0 Å². The highest BCUT2D eigenvalue weighted by atomic mass is 15.1. The summed E-state index contributed by atoms with van der Waals surface area (Å²) in [5.41, 5.74) is 0. The fourth-order valence-corrected chi connectivity index (χ4v) is 1.09. The molecule has 1 heterocycles. The molecule has 0 fully saturated rings. The zero-order chi connectivity index (χ0) is 8.65. The Labute approximate surface area is 73.8 Å². The van der Waals surface area contributed by atoms with E-state index in [4.69, 9.17) is 0 Å². The van der Waals surface area contributed by atoms with Crippen molar-refractivity contribution in [3.8, 4) is 0 Å². The molecule has 3 heteroatoms. The molecule has 0 saturated carbocycles. The van der Waals surface area contributed by atoms with Crippen molar-refractivity contribution in [1.29, 1.82) is 0 Å². The molecule has 1 aromatic rings. The van der Waals surface area contributed by atoms with Gasteiger partial charge in [0.2, 0.25) is 0 Å². The highest BCUT2D eigenvalue weighted by Gasteiger charge is 1.88. The molecule has 0 aromatic carbocycles. The van der Waals surface area contributed by atoms with Gasteiger partial charge in [-0.25, -0.2) is 4.98 Å². The second-order valence-corrected chi connectivity index (χ2v) is 2.94. The van der Waals surface area contributed by atoms with Crippen LogP contribution in [0.2, 0.25) is 0 Å². The molecule has 0 aliphatic rings. The molecule has 0 bridgehead atoms. The molecule has 0 aliphatic carbocycles. The topological polar surface area (TPSA) is 29.9 Å². The predicted molar refractivity (Wildman–Crippen MR) is 49.8 cm³/mol. The van der Waals surface area contributed by atoms with E-state index in [1.807, 2.05) is 17.1 Å². The van der Waals surface area contributed by atoms with Crippen LogP contribution in [0.25, 0.3) is 0 Å². The summed E-state index contributed by atoms with van der Waals surface area (Å²) in [4.78, 5) is 3.96. The van der Waals surface area contributed by atoms with Crippen molar-refractivity contribution in [2.45, 2.75) is 32.9 Å². The number of aromatic nitrogens is 2. The van der Waals surface area contributed by atoms with Gasteiger partial charge in [0, 0.05) is 12.4 Å². The maximum Gasteiger partial charge on any atom is 0.0956 e. The molecule has 0 spiro atoms. The fraction of sp³-hybridized carbons (Fsp3) is 0.667. The Morgan fingerprint density at radius 3 is 3.00 bits per heavy atom. The second kappa shape index (κ2) is 5.77. The smallest absolute Gasteiger partial charge is 0.0956 e. The molecule has 12 heavy (non-hydrogen) atoms. The van der Waals surface area contributed by atoms with Crippen LogP contribution in [0.4, 0.5) is 0 Å². The van der Waals surface area contributed by atoms with Crippen molar-refractivity contribution in [2.24, 2.45) is 0 Å². The van der Waals surface area contributed by atoms with Crippen LogP contribution in [0, 0.1) is 0 Å². The van der Waals surface area contributed by atoms with E-state index in [1.54, 1.807) is 6.20 Å². The van der Waals surface area contributed by atoms with E-state index in [0.717, 1.165) is 13.2 Å². The van der Waals surface area contributed by atoms with E-state index < -0.39 is 0 Å². The summed E-state index contributed by atoms with van der Waals surface area (Å²) in [6.45, 7) is 4.20. The van der Waals surface area contributed by atoms with Gasteiger partial charge in [-0.15, -0.1) is 0 Å². The lowest BCUT2D eigenvalue weighted by Gasteiger charge is -2.03. The lowest BCUT2D eigenvalue weighted by atomic mass is 10.2. The van der Waals surface area contributed by atoms with Gasteiger partial charge in [-0.05, 0) is 13.0 Å². The van der Waals surface area contributed by atoms with Gasteiger partial charge in [-0.3, -0.25) is 5.32 Å². The summed E-state index contributed by atoms with van der Waals surface area (Å²) >= 11 is 0. The van der Waals surface area contributed by atoms with Gasteiger partial charge in [0.15, 0.2) is 0 Å². The zero-order valence-corrected chi connectivity index (χ0v) is 7.66. The minimum atomic E-state index is 0.879. The molecule has 0 radical (unpaired) electrons. The molecule has 0 atom stereocenters. The average Bonchev–Trinajstić information content (AvgIpc) is 2.57. The van der Waals surface area contributed by atoms with Crippen LogP contribution >= 0.6 is 0 Å². The first-order valence-corrected chi connectivity index (χ1v) is 4.60. The minimum absolute atomic E-state index is 0.879. The molecule has 1 N–H and O–H groups in total. The third kappa shape index (κ3) is 3.53. The van der Waals surface area contributed by atoms with Gasteiger partial charge in [0.1, 0.15) is 0 Å². The Morgan fingerprint density at radius 2 is 2.33 bits per heavy atom. The summed E-state index contributed by atoms with van der Waals surface area (Å²) in [6, 6.07) is 0. The van der Waals surface area contributed by atoms with E-state index in [9.17, 15) is 0 Å². The normalized spacial score (nSPS) is 10.4. The maximum absolute atomic E-state index is 3.96. The van der Waals surface area contributed by atoms with E-state index in [2.05, 4.69) is 17.2 Å². The molecule has 1 aromatic heterocycles. The van der Waals surface area contributed by atoms with Gasteiger partial charge in [-0.2, -0.15) is 0 Å². The number of hydrogen-bond donors (Lipinski definition) is 1. The van der Waals surface area contributed by atoms with Crippen molar-refractivity contribution in [2.75, 3.05) is 6.54 Å². The van der Waals surface area contributed by atoms with Crippen LogP contribution in [-0.2, 0) is 6.67 Å². The SMILES string of the molecule is CCCCCNCn1ccnc1. The van der Waals surface area contributed by atoms with E-state index in [-0.39, 0.29) is 0 Å². The van der Waals surface area contributed by atoms with Crippen molar-refractivity contribution >= 4 is 0 Å². The fourth-order valence-electron chi connectivity index (χ4n) is 1.09. The van der Waals surface area contributed by atoms with Crippen LogP contribution in [-0.4, -0.2) is 16.1 Å². The number of unbranched alkanes of at least 4 members (excludes halogenated alkanes) is 2. The molecule has 3 nitrogen and oxygen atoms in total. The number of nitrogens with one attached hydrogen (secondary N) is 1. The zero-order valence-electron chi connectivity index (χ0n) is 7.66. The van der Waals surface area contributed by atoms with Gasteiger partial charge in [0.25, 0.3) is 0 Å². The van der Waals surface area contributed by atoms with Crippen LogP contribution in [0.15, 0.2) is 18.7 Å². The molecule has 0 amide bonds. The maximum atomic E-state index is 3.96. The van der Waals surface area contributed by atoms with Gasteiger partial charge in [-0.1, -0.05) is 19.8 Å². The summed E-state index contributed by atoms with van der Waals surface area (Å²) < 4.78 is 2.03. The third-order valence-electron chi connectivity index (χ3n) is 1.81. The average molecular weight is 167 g/mol. The van der Waals surface area contributed by atoms with Gasteiger partial charge >= 0.3 is 0 Å². The van der Waals surface area contributed by atoms with Crippen molar-refractivity contribution in [3.63, 3.8) is 0 Å². The minimum Gasteiger partial charge on any atom is -0.324 e. The van der Waals surface area contributed by atoms with Crippen LogP contribution in [0.5, 0.6) is 0 Å². The van der Waals surface area contributed by atoms with Crippen molar-refractivity contribution in [3.05, 3.63) is 18.7 Å². The lowest BCUT2D eigenvalue weighted by Crippen LogP contribution is -2.18. The predicted octanol–water partition coefficient (Wildman–Crippen LogP) is 1.62. The van der Waals surface area contributed by atoms with E-state index in [1.165, 1.54) is 19.3 Å². The van der Waals surface area contributed by atoms with E-state index >= 15 is 0 Å². The Morgan fingerprint density at radius 1 is 1.42 bits per heavy atom. The van der Waals surface area contributed by atoms with Crippen molar-refractivity contribution in [1.82, 2.24) is 14.9 Å². The first-order chi connectivity index (χ1) is 5.93. The summed E-state index contributed by atoms with van der Waals surface area (Å²) in [5, 5.41) is 3.35. The Bertz CT molecular complexity index is 182. The van der Waals surface area contributed by atoms with Crippen LogP contribution in [0.1, 0.15) is 26.2 Å². The Balaban J connectivity index is 1.96. The second-order valence-electron chi connectivity index (χ2n) is 2.94. The quantitative estimate of drug-likeness (QED) is 0.652. The number of imidazole rings is 1. The first-order valence-electron chi connectivity index (χ1n) is 4.60. The van der Waals surface area contributed by atoms with Crippen LogP contribution in [0.3, 0.4) is 0 Å². The standard InChI is InChI=1S/C9H17N3/c1-2-3-4-5-10-8-12-7-6-11-9-12/h6-7,9-10H,2-5,8H2,1H3.